The molecular weight excluding hydrogens is 444 g/mol. The summed E-state index contributed by atoms with van der Waals surface area (Å²) in [6.07, 6.45) is 0. The molecule has 0 bridgehead atoms. The van der Waals surface area contributed by atoms with Crippen molar-refractivity contribution in [2.45, 2.75) is 26.8 Å². The number of nitrogens with one attached hydrogen (secondary N) is 2. The normalized spacial score (nSPS) is 18.7. The van der Waals surface area contributed by atoms with Crippen LogP contribution in [0.3, 0.4) is 0 Å². The molecule has 8 nitrogen and oxygen atoms in total. The van der Waals surface area contributed by atoms with Gasteiger partial charge in [-0.05, 0) is 44.0 Å². The molecule has 2 aromatic rings. The smallest absolute Gasteiger partial charge is 0.338 e. The van der Waals surface area contributed by atoms with Gasteiger partial charge in [0.15, 0.2) is 0 Å². The minimum Gasteiger partial charge on any atom is -0.496 e. The Balaban J connectivity index is 1.59. The maximum atomic E-state index is 13.1. The third-order valence-electron chi connectivity index (χ3n) is 6.77. The highest BCUT2D eigenvalue weighted by Gasteiger charge is 2.36. The highest BCUT2D eigenvalue weighted by molar-refractivity contribution is 5.95. The van der Waals surface area contributed by atoms with E-state index in [1.54, 1.807) is 14.0 Å². The van der Waals surface area contributed by atoms with Crippen LogP contribution in [0.4, 0.5) is 10.5 Å². The zero-order valence-electron chi connectivity index (χ0n) is 20.9. The maximum Gasteiger partial charge on any atom is 0.338 e. The van der Waals surface area contributed by atoms with Crippen LogP contribution < -0.4 is 20.3 Å². The van der Waals surface area contributed by atoms with Gasteiger partial charge in [0.25, 0.3) is 0 Å². The van der Waals surface area contributed by atoms with E-state index < -0.39 is 12.0 Å². The fourth-order valence-corrected chi connectivity index (χ4v) is 4.78. The average Bonchev–Trinajstić information content (AvgIpc) is 2.86. The number of carbonyl (C=O) groups excluding carboxylic acids is 2. The van der Waals surface area contributed by atoms with Gasteiger partial charge in [0.2, 0.25) is 0 Å². The Morgan fingerprint density at radius 2 is 1.80 bits per heavy atom. The van der Waals surface area contributed by atoms with Crippen LogP contribution in [0.2, 0.25) is 0 Å². The number of anilines is 1. The lowest BCUT2D eigenvalue weighted by molar-refractivity contribution is -0.139. The van der Waals surface area contributed by atoms with Gasteiger partial charge in [-0.2, -0.15) is 0 Å². The number of rotatable bonds is 7. The summed E-state index contributed by atoms with van der Waals surface area (Å²) in [5.74, 6) is 0.155. The minimum atomic E-state index is -0.662. The predicted octanol–water partition coefficient (Wildman–Crippen LogP) is 3.31. The molecule has 0 aliphatic carbocycles. The number of urea groups is 1. The van der Waals surface area contributed by atoms with Gasteiger partial charge in [-0.25, -0.2) is 9.59 Å². The van der Waals surface area contributed by atoms with E-state index in [9.17, 15) is 9.59 Å². The summed E-state index contributed by atoms with van der Waals surface area (Å²) in [5, 5.41) is 5.77. The van der Waals surface area contributed by atoms with Gasteiger partial charge in [-0.3, -0.25) is 4.90 Å². The number of piperazine rings is 1. The first kappa shape index (κ1) is 24.6. The van der Waals surface area contributed by atoms with Crippen molar-refractivity contribution < 1.29 is 19.1 Å². The van der Waals surface area contributed by atoms with E-state index in [-0.39, 0.29) is 12.6 Å². The summed E-state index contributed by atoms with van der Waals surface area (Å²) >= 11 is 0. The van der Waals surface area contributed by atoms with Crippen LogP contribution >= 0.6 is 0 Å². The van der Waals surface area contributed by atoms with Crippen molar-refractivity contribution in [3.8, 4) is 5.75 Å². The monoisotopic (exact) mass is 478 g/mol. The second kappa shape index (κ2) is 10.8. The van der Waals surface area contributed by atoms with Gasteiger partial charge < -0.3 is 25.0 Å². The SMILES string of the molecule is CCOC(=O)C1=C(CN2CCN(c3cccc(C)c3C)CC2)NC(=O)N[C@H]1c1ccccc1OC. The lowest BCUT2D eigenvalue weighted by Crippen LogP contribution is -2.52. The molecule has 0 radical (unpaired) electrons. The molecule has 2 aliphatic rings. The van der Waals surface area contributed by atoms with Crippen LogP contribution in [0.1, 0.15) is 29.7 Å². The van der Waals surface area contributed by atoms with Crippen molar-refractivity contribution >= 4 is 17.7 Å². The van der Waals surface area contributed by atoms with Gasteiger partial charge in [0.1, 0.15) is 5.75 Å². The Bertz CT molecular complexity index is 1120. The Hall–Kier alpha value is -3.52. The van der Waals surface area contributed by atoms with Gasteiger partial charge in [0, 0.05) is 49.7 Å². The lowest BCUT2D eigenvalue weighted by atomic mass is 9.94. The summed E-state index contributed by atoms with van der Waals surface area (Å²) in [4.78, 5) is 30.4. The molecule has 2 aliphatic heterocycles. The number of amides is 2. The molecule has 186 valence electrons. The van der Waals surface area contributed by atoms with E-state index in [4.69, 9.17) is 9.47 Å². The topological polar surface area (TPSA) is 83.1 Å². The summed E-state index contributed by atoms with van der Waals surface area (Å²) in [6, 6.07) is 12.8. The van der Waals surface area contributed by atoms with Gasteiger partial charge in [0.05, 0.1) is 25.3 Å². The van der Waals surface area contributed by atoms with E-state index in [1.165, 1.54) is 16.8 Å². The van der Waals surface area contributed by atoms with E-state index in [0.29, 0.717) is 29.1 Å². The fraction of sp³-hybridized carbons (Fsp3) is 0.407. The Kier molecular flexibility index (Phi) is 7.60. The molecular formula is C27H34N4O4. The molecule has 2 amide bonds. The summed E-state index contributed by atoms with van der Waals surface area (Å²) in [7, 11) is 1.58. The van der Waals surface area contributed by atoms with Crippen LogP contribution in [-0.2, 0) is 9.53 Å². The lowest BCUT2D eigenvalue weighted by Gasteiger charge is -2.38. The van der Waals surface area contributed by atoms with Crippen LogP contribution in [0.25, 0.3) is 0 Å². The quantitative estimate of drug-likeness (QED) is 0.594. The summed E-state index contributed by atoms with van der Waals surface area (Å²) in [5.41, 5.74) is 5.55. The van der Waals surface area contributed by atoms with Crippen LogP contribution in [0.5, 0.6) is 5.75 Å². The van der Waals surface area contributed by atoms with Gasteiger partial charge in [-0.15, -0.1) is 0 Å². The van der Waals surface area contributed by atoms with Crippen molar-refractivity contribution in [1.82, 2.24) is 15.5 Å². The van der Waals surface area contributed by atoms with Crippen molar-refractivity contribution in [3.63, 3.8) is 0 Å². The molecule has 35 heavy (non-hydrogen) atoms. The number of hydrogen-bond donors (Lipinski definition) is 2. The average molecular weight is 479 g/mol. The highest BCUT2D eigenvalue weighted by Crippen LogP contribution is 2.34. The second-order valence-electron chi connectivity index (χ2n) is 8.87. The number of hydrogen-bond acceptors (Lipinski definition) is 6. The van der Waals surface area contributed by atoms with Crippen LogP contribution in [0, 0.1) is 13.8 Å². The first-order chi connectivity index (χ1) is 16.9. The van der Waals surface area contributed by atoms with Crippen molar-refractivity contribution in [3.05, 3.63) is 70.4 Å². The first-order valence-corrected chi connectivity index (χ1v) is 12.1. The number of aryl methyl sites for hydroxylation is 1. The Morgan fingerprint density at radius 1 is 1.06 bits per heavy atom. The molecule has 2 aromatic carbocycles. The summed E-state index contributed by atoms with van der Waals surface area (Å²) in [6.45, 7) is 10.1. The number of carbonyl (C=O) groups is 2. The van der Waals surface area contributed by atoms with Gasteiger partial charge in [-0.1, -0.05) is 30.3 Å². The number of nitrogens with zero attached hydrogens (tertiary/aromatic N) is 2. The number of benzene rings is 2. The molecule has 1 fully saturated rings. The van der Waals surface area contributed by atoms with Crippen molar-refractivity contribution in [2.75, 3.05) is 51.3 Å². The largest absolute Gasteiger partial charge is 0.496 e. The standard InChI is InChI=1S/C27H34N4O4/c1-5-35-26(32)24-21(28-27(33)29-25(24)20-10-6-7-12-23(20)34-4)17-30-13-15-31(16-14-30)22-11-8-9-18(2)19(22)3/h6-12,25H,5,13-17H2,1-4H3,(H2,28,29,33)/t25-/m0/s1. The van der Waals surface area contributed by atoms with Crippen LogP contribution in [0.15, 0.2) is 53.7 Å². The molecule has 4 rings (SSSR count). The maximum absolute atomic E-state index is 13.1. The summed E-state index contributed by atoms with van der Waals surface area (Å²) < 4.78 is 10.9. The molecule has 1 atom stereocenters. The Labute approximate surface area is 206 Å². The van der Waals surface area contributed by atoms with E-state index in [0.717, 1.165) is 26.2 Å². The second-order valence-corrected chi connectivity index (χ2v) is 8.87. The molecule has 0 unspecified atom stereocenters. The molecule has 8 heteroatoms. The number of methoxy groups -OCH3 is 1. The zero-order chi connectivity index (χ0) is 24.9. The Morgan fingerprint density at radius 3 is 2.51 bits per heavy atom. The number of para-hydroxylation sites is 1. The van der Waals surface area contributed by atoms with Crippen molar-refractivity contribution in [2.24, 2.45) is 0 Å². The molecule has 1 saturated heterocycles. The van der Waals surface area contributed by atoms with E-state index in [1.807, 2.05) is 24.3 Å². The molecule has 0 aromatic heterocycles. The highest BCUT2D eigenvalue weighted by atomic mass is 16.5. The van der Waals surface area contributed by atoms with Crippen LogP contribution in [-0.4, -0.2) is 63.3 Å². The van der Waals surface area contributed by atoms with E-state index in [2.05, 4.69) is 52.5 Å². The molecule has 2 N–H and O–H groups in total. The fourth-order valence-electron chi connectivity index (χ4n) is 4.78. The molecule has 0 saturated carbocycles. The van der Waals surface area contributed by atoms with Gasteiger partial charge >= 0.3 is 12.0 Å². The number of esters is 1. The third-order valence-corrected chi connectivity index (χ3v) is 6.77. The predicted molar refractivity (Wildman–Crippen MR) is 136 cm³/mol. The minimum absolute atomic E-state index is 0.247. The van der Waals surface area contributed by atoms with E-state index >= 15 is 0 Å². The zero-order valence-corrected chi connectivity index (χ0v) is 20.9. The van der Waals surface area contributed by atoms with Crippen molar-refractivity contribution in [1.29, 1.82) is 0 Å². The first-order valence-electron chi connectivity index (χ1n) is 12.1. The number of ether oxygens (including phenoxy) is 2. The third kappa shape index (κ3) is 5.27. The molecule has 0 spiro atoms. The molecule has 2 heterocycles.